The second-order valence-electron chi connectivity index (χ2n) is 6.87. The molecule has 0 amide bonds. The van der Waals surface area contributed by atoms with Gasteiger partial charge in [0.15, 0.2) is 0 Å². The molecule has 0 aliphatic rings. The summed E-state index contributed by atoms with van der Waals surface area (Å²) >= 11 is 0. The van der Waals surface area contributed by atoms with Crippen molar-refractivity contribution < 1.29 is 9.13 Å². The van der Waals surface area contributed by atoms with E-state index in [0.29, 0.717) is 11.9 Å². The van der Waals surface area contributed by atoms with Crippen molar-refractivity contribution in [2.24, 2.45) is 0 Å². The number of rotatable bonds is 7. The molecule has 4 aromatic rings. The van der Waals surface area contributed by atoms with Crippen LogP contribution in [0.4, 0.5) is 4.39 Å². The van der Waals surface area contributed by atoms with Crippen molar-refractivity contribution in [2.75, 3.05) is 0 Å². The van der Waals surface area contributed by atoms with Gasteiger partial charge in [0.1, 0.15) is 18.2 Å². The summed E-state index contributed by atoms with van der Waals surface area (Å²) in [4.78, 5) is 0. The van der Waals surface area contributed by atoms with Crippen molar-refractivity contribution in [1.82, 2.24) is 0 Å². The molecule has 4 rings (SSSR count). The van der Waals surface area contributed by atoms with E-state index in [4.69, 9.17) is 4.74 Å². The Bertz CT molecular complexity index is 1060. The molecule has 4 aromatic carbocycles. The molecule has 0 N–H and O–H groups in total. The van der Waals surface area contributed by atoms with Crippen molar-refractivity contribution >= 4 is 19.2 Å². The van der Waals surface area contributed by atoms with E-state index in [1.807, 2.05) is 54.6 Å². The Labute approximate surface area is 173 Å². The monoisotopic (exact) mass is 400 g/mol. The molecule has 0 spiro atoms. The number of ether oxygens (including phenoxy) is 1. The van der Waals surface area contributed by atoms with Crippen LogP contribution in [0.3, 0.4) is 0 Å². The lowest BCUT2D eigenvalue weighted by Gasteiger charge is -2.14. The Hall–Kier alpha value is -2.96. The fourth-order valence-corrected chi connectivity index (χ4v) is 4.39. The third kappa shape index (κ3) is 5.31. The van der Waals surface area contributed by atoms with Gasteiger partial charge in [-0.05, 0) is 41.3 Å². The van der Waals surface area contributed by atoms with Crippen LogP contribution in [0.5, 0.6) is 5.75 Å². The third-order valence-electron chi connectivity index (χ3n) is 4.68. The highest BCUT2D eigenvalue weighted by molar-refractivity contribution is 7.55. The fraction of sp³-hybridized carbons (Fsp3) is 0.0769. The van der Waals surface area contributed by atoms with Gasteiger partial charge in [-0.3, -0.25) is 0 Å². The van der Waals surface area contributed by atoms with Gasteiger partial charge in [0.25, 0.3) is 0 Å². The minimum atomic E-state index is -0.173. The molecule has 144 valence electrons. The number of halogens is 1. The lowest BCUT2D eigenvalue weighted by molar-refractivity contribution is 0.309. The molecular formula is C26H22FOP. The van der Waals surface area contributed by atoms with Gasteiger partial charge in [-0.1, -0.05) is 93.5 Å². The summed E-state index contributed by atoms with van der Waals surface area (Å²) < 4.78 is 20.4. The first-order valence-corrected chi connectivity index (χ1v) is 10.6. The number of hydrogen-bond donors (Lipinski definition) is 0. The molecule has 0 saturated carbocycles. The third-order valence-corrected chi connectivity index (χ3v) is 6.01. The molecule has 0 fully saturated rings. The van der Waals surface area contributed by atoms with E-state index in [9.17, 15) is 4.39 Å². The highest BCUT2D eigenvalue weighted by Crippen LogP contribution is 2.24. The minimum absolute atomic E-state index is 0.173. The summed E-state index contributed by atoms with van der Waals surface area (Å²) in [6.07, 6.45) is 0.842. The van der Waals surface area contributed by atoms with Crippen molar-refractivity contribution in [3.05, 3.63) is 126 Å². The maximum atomic E-state index is 14.3. The summed E-state index contributed by atoms with van der Waals surface area (Å²) in [7, 11) is 0.199. The summed E-state index contributed by atoms with van der Waals surface area (Å²) in [5.74, 6) is 0.639. The van der Waals surface area contributed by atoms with Crippen molar-refractivity contribution in [3.63, 3.8) is 0 Å². The number of hydrogen-bond acceptors (Lipinski definition) is 1. The SMILES string of the molecule is Fc1ccccc1Pc1cc(Cc2ccccc2)ccc1OCc1ccccc1. The van der Waals surface area contributed by atoms with Gasteiger partial charge in [0.2, 0.25) is 0 Å². The van der Waals surface area contributed by atoms with Crippen molar-refractivity contribution in [2.45, 2.75) is 13.0 Å². The van der Waals surface area contributed by atoms with Gasteiger partial charge in [-0.2, -0.15) is 0 Å². The molecule has 0 heterocycles. The van der Waals surface area contributed by atoms with E-state index >= 15 is 0 Å². The van der Waals surface area contributed by atoms with Crippen molar-refractivity contribution in [3.8, 4) is 5.75 Å². The van der Waals surface area contributed by atoms with Crippen LogP contribution in [-0.2, 0) is 13.0 Å². The summed E-state index contributed by atoms with van der Waals surface area (Å²) in [6, 6.07) is 33.7. The lowest BCUT2D eigenvalue weighted by atomic mass is 10.1. The van der Waals surface area contributed by atoms with Gasteiger partial charge in [0.05, 0.1) is 0 Å². The first kappa shape index (κ1) is 19.4. The van der Waals surface area contributed by atoms with Crippen LogP contribution in [0, 0.1) is 5.82 Å². The zero-order chi connectivity index (χ0) is 19.9. The maximum absolute atomic E-state index is 14.3. The normalized spacial score (nSPS) is 11.1. The molecule has 1 unspecified atom stereocenters. The van der Waals surface area contributed by atoms with E-state index < -0.39 is 0 Å². The predicted molar refractivity (Wildman–Crippen MR) is 120 cm³/mol. The molecule has 0 aliphatic heterocycles. The molecule has 0 saturated heterocycles. The molecule has 0 bridgehead atoms. The molecule has 1 atom stereocenters. The second-order valence-corrected chi connectivity index (χ2v) is 8.20. The summed E-state index contributed by atoms with van der Waals surface area (Å²) in [5.41, 5.74) is 3.56. The zero-order valence-corrected chi connectivity index (χ0v) is 17.0. The Morgan fingerprint density at radius 3 is 2.00 bits per heavy atom. The van der Waals surface area contributed by atoms with Crippen LogP contribution in [0.15, 0.2) is 103 Å². The molecule has 29 heavy (non-hydrogen) atoms. The summed E-state index contributed by atoms with van der Waals surface area (Å²) in [6.45, 7) is 0.494. The van der Waals surface area contributed by atoms with E-state index in [-0.39, 0.29) is 14.4 Å². The zero-order valence-electron chi connectivity index (χ0n) is 16.0. The Balaban J connectivity index is 1.61. The van der Waals surface area contributed by atoms with Crippen LogP contribution in [0.1, 0.15) is 16.7 Å². The Kier molecular flexibility index (Phi) is 6.34. The first-order valence-electron chi connectivity index (χ1n) is 9.63. The van der Waals surface area contributed by atoms with Crippen LogP contribution in [0.25, 0.3) is 0 Å². The van der Waals surface area contributed by atoms with E-state index in [0.717, 1.165) is 23.0 Å². The van der Waals surface area contributed by atoms with Gasteiger partial charge in [0, 0.05) is 10.6 Å². The highest BCUT2D eigenvalue weighted by atomic mass is 31.1. The quantitative estimate of drug-likeness (QED) is 0.366. The fourth-order valence-electron chi connectivity index (χ4n) is 3.19. The highest BCUT2D eigenvalue weighted by Gasteiger charge is 2.10. The molecular weight excluding hydrogens is 378 g/mol. The van der Waals surface area contributed by atoms with E-state index in [1.54, 1.807) is 6.07 Å². The van der Waals surface area contributed by atoms with Gasteiger partial charge < -0.3 is 4.74 Å². The molecule has 0 aromatic heterocycles. The second kappa shape index (κ2) is 9.49. The largest absolute Gasteiger partial charge is 0.488 e. The van der Waals surface area contributed by atoms with Gasteiger partial charge >= 0.3 is 0 Å². The van der Waals surface area contributed by atoms with Crippen LogP contribution in [0.2, 0.25) is 0 Å². The molecule has 1 nitrogen and oxygen atoms in total. The average Bonchev–Trinajstić information content (AvgIpc) is 2.76. The number of benzene rings is 4. The van der Waals surface area contributed by atoms with Crippen LogP contribution >= 0.6 is 8.58 Å². The predicted octanol–water partition coefficient (Wildman–Crippen LogP) is 5.62. The lowest BCUT2D eigenvalue weighted by Crippen LogP contribution is -2.12. The van der Waals surface area contributed by atoms with E-state index in [2.05, 4.69) is 36.4 Å². The smallest absolute Gasteiger partial charge is 0.130 e. The maximum Gasteiger partial charge on any atom is 0.130 e. The van der Waals surface area contributed by atoms with Gasteiger partial charge in [-0.25, -0.2) is 4.39 Å². The molecule has 0 aliphatic carbocycles. The first-order chi connectivity index (χ1) is 14.3. The topological polar surface area (TPSA) is 9.23 Å². The van der Waals surface area contributed by atoms with E-state index in [1.165, 1.54) is 17.2 Å². The van der Waals surface area contributed by atoms with Crippen LogP contribution in [-0.4, -0.2) is 0 Å². The van der Waals surface area contributed by atoms with Crippen molar-refractivity contribution in [1.29, 1.82) is 0 Å². The average molecular weight is 400 g/mol. The molecule has 0 radical (unpaired) electrons. The van der Waals surface area contributed by atoms with Crippen LogP contribution < -0.4 is 15.3 Å². The Morgan fingerprint density at radius 1 is 0.621 bits per heavy atom. The Morgan fingerprint density at radius 2 is 1.28 bits per heavy atom. The van der Waals surface area contributed by atoms with Gasteiger partial charge in [-0.15, -0.1) is 0 Å². The minimum Gasteiger partial charge on any atom is -0.488 e. The standard InChI is InChI=1S/C26H22FOP/c27-23-13-7-8-14-25(23)29-26-18-22(17-20-9-3-1-4-10-20)15-16-24(26)28-19-21-11-5-2-6-12-21/h1-16,18,29H,17,19H2. The summed E-state index contributed by atoms with van der Waals surface area (Å²) in [5, 5.41) is 1.73. The molecule has 3 heteroatoms.